The van der Waals surface area contributed by atoms with Gasteiger partial charge in [-0.2, -0.15) is 0 Å². The van der Waals surface area contributed by atoms with E-state index >= 15 is 0 Å². The molecule has 0 aromatic carbocycles. The summed E-state index contributed by atoms with van der Waals surface area (Å²) in [7, 11) is 0. The number of hydrogen-bond donors (Lipinski definition) is 2. The summed E-state index contributed by atoms with van der Waals surface area (Å²) in [6.45, 7) is 6.39. The number of hydrogen-bond acceptors (Lipinski definition) is 3. The van der Waals surface area contributed by atoms with Crippen molar-refractivity contribution in [2.24, 2.45) is 11.7 Å². The number of nitrogens with two attached hydrogens (primary N) is 1. The fourth-order valence-corrected chi connectivity index (χ4v) is 3.74. The van der Waals surface area contributed by atoms with Crippen molar-refractivity contribution in [1.29, 1.82) is 0 Å². The molecule has 1 aromatic rings. The van der Waals surface area contributed by atoms with Gasteiger partial charge in [0.1, 0.15) is 0 Å². The normalized spacial score (nSPS) is 29.5. The van der Waals surface area contributed by atoms with Crippen LogP contribution in [0.5, 0.6) is 0 Å². The highest BCUT2D eigenvalue weighted by molar-refractivity contribution is 7.11. The molecule has 1 fully saturated rings. The van der Waals surface area contributed by atoms with E-state index in [0.29, 0.717) is 0 Å². The molecule has 3 heteroatoms. The lowest BCUT2D eigenvalue weighted by molar-refractivity contribution is 0.229. The maximum Gasteiger partial charge on any atom is 0.0300 e. The van der Waals surface area contributed by atoms with Crippen molar-refractivity contribution in [3.05, 3.63) is 21.9 Å². The lowest BCUT2D eigenvalue weighted by Crippen LogP contribution is -2.51. The maximum atomic E-state index is 6.46. The average Bonchev–Trinajstić information content (AvgIpc) is 2.63. The minimum atomic E-state index is 0.0317. The number of rotatable bonds is 4. The van der Waals surface area contributed by atoms with Crippen LogP contribution in [0.25, 0.3) is 0 Å². The first-order valence-electron chi connectivity index (χ1n) is 6.62. The Hall–Kier alpha value is -0.380. The van der Waals surface area contributed by atoms with Gasteiger partial charge in [0.15, 0.2) is 0 Å². The zero-order valence-electron chi connectivity index (χ0n) is 11.0. The van der Waals surface area contributed by atoms with Crippen molar-refractivity contribution in [2.75, 3.05) is 6.54 Å². The van der Waals surface area contributed by atoms with E-state index in [9.17, 15) is 0 Å². The van der Waals surface area contributed by atoms with E-state index in [-0.39, 0.29) is 5.54 Å². The van der Waals surface area contributed by atoms with E-state index in [1.165, 1.54) is 35.4 Å². The molecule has 1 heterocycles. The Balaban J connectivity index is 1.77. The zero-order chi connectivity index (χ0) is 12.3. The number of aryl methyl sites for hydroxylation is 1. The Morgan fingerprint density at radius 2 is 2.35 bits per heavy atom. The lowest BCUT2D eigenvalue weighted by Gasteiger charge is -2.37. The molecule has 2 atom stereocenters. The van der Waals surface area contributed by atoms with E-state index < -0.39 is 0 Å². The quantitative estimate of drug-likeness (QED) is 0.864. The van der Waals surface area contributed by atoms with E-state index in [1.807, 2.05) is 11.3 Å². The first-order valence-corrected chi connectivity index (χ1v) is 7.44. The molecule has 2 unspecified atom stereocenters. The van der Waals surface area contributed by atoms with Gasteiger partial charge in [0.2, 0.25) is 0 Å². The largest absolute Gasteiger partial charge is 0.324 e. The van der Waals surface area contributed by atoms with Crippen LogP contribution >= 0.6 is 11.3 Å². The number of thiophene rings is 1. The predicted molar refractivity (Wildman–Crippen MR) is 75.3 cm³/mol. The Morgan fingerprint density at radius 1 is 1.53 bits per heavy atom. The fourth-order valence-electron chi connectivity index (χ4n) is 2.88. The molecular weight excluding hydrogens is 228 g/mol. The molecule has 0 saturated heterocycles. The standard InChI is InChI=1S/C14H24N2S/c1-11-4-3-7-14(15,8-11)10-16-9-13-6-5-12(2)17-13/h5-6,11,16H,3-4,7-10,15H2,1-2H3. The van der Waals surface area contributed by atoms with Crippen molar-refractivity contribution < 1.29 is 0 Å². The van der Waals surface area contributed by atoms with Gasteiger partial charge < -0.3 is 11.1 Å². The highest BCUT2D eigenvalue weighted by atomic mass is 32.1. The maximum absolute atomic E-state index is 6.46. The molecule has 1 aliphatic rings. The molecule has 96 valence electrons. The van der Waals surface area contributed by atoms with Gasteiger partial charge >= 0.3 is 0 Å². The summed E-state index contributed by atoms with van der Waals surface area (Å²) in [6.07, 6.45) is 4.98. The van der Waals surface area contributed by atoms with E-state index in [4.69, 9.17) is 5.73 Å². The summed E-state index contributed by atoms with van der Waals surface area (Å²) in [5.74, 6) is 0.791. The summed E-state index contributed by atoms with van der Waals surface area (Å²) >= 11 is 1.87. The first-order chi connectivity index (χ1) is 8.07. The van der Waals surface area contributed by atoms with Gasteiger partial charge in [0, 0.05) is 28.4 Å². The second kappa shape index (κ2) is 5.51. The van der Waals surface area contributed by atoms with Crippen molar-refractivity contribution in [3.8, 4) is 0 Å². The minimum absolute atomic E-state index is 0.0317. The molecule has 0 spiro atoms. The molecule has 1 aliphatic carbocycles. The van der Waals surface area contributed by atoms with Crippen LogP contribution in [-0.2, 0) is 6.54 Å². The Bertz CT molecular complexity index is 361. The van der Waals surface area contributed by atoms with Gasteiger partial charge in [-0.05, 0) is 37.8 Å². The number of nitrogens with one attached hydrogen (secondary N) is 1. The summed E-state index contributed by atoms with van der Waals surface area (Å²) < 4.78 is 0. The predicted octanol–water partition coefficient (Wildman–Crippen LogP) is 3.05. The van der Waals surface area contributed by atoms with Gasteiger partial charge in [-0.1, -0.05) is 19.8 Å². The molecule has 0 amide bonds. The Labute approximate surface area is 109 Å². The second-order valence-corrected chi connectivity index (χ2v) is 7.05. The van der Waals surface area contributed by atoms with Gasteiger partial charge in [0.05, 0.1) is 0 Å². The van der Waals surface area contributed by atoms with Crippen LogP contribution < -0.4 is 11.1 Å². The van der Waals surface area contributed by atoms with Gasteiger partial charge in [-0.25, -0.2) is 0 Å². The second-order valence-electron chi connectivity index (χ2n) is 5.68. The van der Waals surface area contributed by atoms with Crippen molar-refractivity contribution in [2.45, 2.75) is 51.6 Å². The summed E-state index contributed by atoms with van der Waals surface area (Å²) in [4.78, 5) is 2.80. The lowest BCUT2D eigenvalue weighted by atomic mass is 9.77. The minimum Gasteiger partial charge on any atom is -0.324 e. The molecule has 2 nitrogen and oxygen atoms in total. The smallest absolute Gasteiger partial charge is 0.0300 e. The van der Waals surface area contributed by atoms with E-state index in [2.05, 4.69) is 31.3 Å². The van der Waals surface area contributed by atoms with Crippen LogP contribution in [0.4, 0.5) is 0 Å². The van der Waals surface area contributed by atoms with Crippen LogP contribution in [0.1, 0.15) is 42.4 Å². The highest BCUT2D eigenvalue weighted by Crippen LogP contribution is 2.29. The molecular formula is C14H24N2S. The average molecular weight is 252 g/mol. The zero-order valence-corrected chi connectivity index (χ0v) is 11.8. The van der Waals surface area contributed by atoms with Crippen molar-refractivity contribution in [1.82, 2.24) is 5.32 Å². The van der Waals surface area contributed by atoms with Gasteiger partial charge in [-0.15, -0.1) is 11.3 Å². The Morgan fingerprint density at radius 3 is 3.00 bits per heavy atom. The SMILES string of the molecule is Cc1ccc(CNCC2(N)CCCC(C)C2)s1. The molecule has 3 N–H and O–H groups in total. The molecule has 1 aromatic heterocycles. The molecule has 17 heavy (non-hydrogen) atoms. The van der Waals surface area contributed by atoms with Gasteiger partial charge in [0.25, 0.3) is 0 Å². The van der Waals surface area contributed by atoms with E-state index in [1.54, 1.807) is 0 Å². The summed E-state index contributed by atoms with van der Waals surface area (Å²) in [5.41, 5.74) is 6.49. The third kappa shape index (κ3) is 3.80. The highest BCUT2D eigenvalue weighted by Gasteiger charge is 2.30. The third-order valence-electron chi connectivity index (χ3n) is 3.70. The Kier molecular flexibility index (Phi) is 4.23. The van der Waals surface area contributed by atoms with Crippen LogP contribution in [0, 0.1) is 12.8 Å². The third-order valence-corrected chi connectivity index (χ3v) is 4.70. The molecule has 2 rings (SSSR count). The van der Waals surface area contributed by atoms with Crippen LogP contribution in [0.2, 0.25) is 0 Å². The molecule has 0 bridgehead atoms. The first kappa shape index (κ1) is 13.1. The topological polar surface area (TPSA) is 38.0 Å². The molecule has 1 saturated carbocycles. The van der Waals surface area contributed by atoms with Crippen LogP contribution in [0.15, 0.2) is 12.1 Å². The summed E-state index contributed by atoms with van der Waals surface area (Å²) in [5, 5.41) is 3.53. The monoisotopic (exact) mass is 252 g/mol. The van der Waals surface area contributed by atoms with Gasteiger partial charge in [-0.3, -0.25) is 0 Å². The van der Waals surface area contributed by atoms with Crippen molar-refractivity contribution >= 4 is 11.3 Å². The molecule has 0 radical (unpaired) electrons. The van der Waals surface area contributed by atoms with Crippen LogP contribution in [0.3, 0.4) is 0 Å². The summed E-state index contributed by atoms with van der Waals surface area (Å²) in [6, 6.07) is 4.39. The van der Waals surface area contributed by atoms with Crippen LogP contribution in [-0.4, -0.2) is 12.1 Å². The fraction of sp³-hybridized carbons (Fsp3) is 0.714. The van der Waals surface area contributed by atoms with E-state index in [0.717, 1.165) is 19.0 Å². The molecule has 0 aliphatic heterocycles. The van der Waals surface area contributed by atoms with Crippen molar-refractivity contribution in [3.63, 3.8) is 0 Å².